The van der Waals surface area contributed by atoms with Crippen LogP contribution in [0.5, 0.6) is 0 Å². The van der Waals surface area contributed by atoms with Crippen molar-refractivity contribution in [2.45, 2.75) is 0 Å². The molecule has 0 aliphatic heterocycles. The Bertz CT molecular complexity index is 951. The highest BCUT2D eigenvalue weighted by atomic mass is 16.1. The van der Waals surface area contributed by atoms with E-state index in [2.05, 4.69) is 20.2 Å². The molecule has 0 radical (unpaired) electrons. The van der Waals surface area contributed by atoms with Gasteiger partial charge in [0, 0.05) is 27.9 Å². The number of fused-ring (bicyclic) bond motifs is 5. The first kappa shape index (κ1) is 9.35. The van der Waals surface area contributed by atoms with E-state index in [1.54, 1.807) is 12.4 Å². The maximum Gasteiger partial charge on any atom is 0.257 e. The highest BCUT2D eigenvalue weighted by molar-refractivity contribution is 6.17. The lowest BCUT2D eigenvalue weighted by molar-refractivity contribution is 1.10. The van der Waals surface area contributed by atoms with E-state index in [0.717, 1.165) is 21.7 Å². The summed E-state index contributed by atoms with van der Waals surface area (Å²) in [5, 5.41) is 10.2. The zero-order chi connectivity index (χ0) is 12.1. The van der Waals surface area contributed by atoms with E-state index in [9.17, 15) is 4.79 Å². The Morgan fingerprint density at radius 2 is 1.89 bits per heavy atom. The Balaban J connectivity index is 2.47. The van der Waals surface area contributed by atoms with Crippen LogP contribution in [0.1, 0.15) is 0 Å². The van der Waals surface area contributed by atoms with Crippen LogP contribution in [-0.4, -0.2) is 20.2 Å². The molecule has 0 saturated carbocycles. The monoisotopic (exact) mass is 236 g/mol. The fraction of sp³-hybridized carbons (Fsp3) is 0. The maximum atomic E-state index is 12.0. The lowest BCUT2D eigenvalue weighted by Gasteiger charge is -2.03. The number of para-hydroxylation sites is 1. The zero-order valence-corrected chi connectivity index (χ0v) is 9.27. The second-order valence-corrected chi connectivity index (χ2v) is 4.18. The Hall–Kier alpha value is -2.69. The summed E-state index contributed by atoms with van der Waals surface area (Å²) < 4.78 is 0. The van der Waals surface area contributed by atoms with Crippen molar-refractivity contribution in [2.24, 2.45) is 0 Å². The smallest absolute Gasteiger partial charge is 0.257 e. The number of nitrogens with one attached hydrogen (secondary N) is 2. The Kier molecular flexibility index (Phi) is 1.64. The van der Waals surface area contributed by atoms with E-state index < -0.39 is 0 Å². The molecule has 0 aliphatic rings. The third kappa shape index (κ3) is 1.08. The predicted octanol–water partition coefficient (Wildman–Crippen LogP) is 1.95. The summed E-state index contributed by atoms with van der Waals surface area (Å²) in [7, 11) is 0. The summed E-state index contributed by atoms with van der Waals surface area (Å²) >= 11 is 0. The second-order valence-electron chi connectivity index (χ2n) is 4.18. The summed E-state index contributed by atoms with van der Waals surface area (Å²) in [6.07, 6.45) is 3.29. The number of hydrogen-bond donors (Lipinski definition) is 2. The number of benzene rings is 1. The molecule has 0 amide bonds. The minimum absolute atomic E-state index is 0.126. The molecule has 86 valence electrons. The summed E-state index contributed by atoms with van der Waals surface area (Å²) in [6.45, 7) is 0. The third-order valence-electron chi connectivity index (χ3n) is 3.17. The summed E-state index contributed by atoms with van der Waals surface area (Å²) in [4.78, 5) is 19.1. The van der Waals surface area contributed by atoms with Crippen LogP contribution >= 0.6 is 0 Å². The van der Waals surface area contributed by atoms with E-state index in [0.29, 0.717) is 11.0 Å². The number of hydrogen-bond acceptors (Lipinski definition) is 3. The minimum atomic E-state index is -0.126. The van der Waals surface area contributed by atoms with Crippen molar-refractivity contribution in [1.82, 2.24) is 20.2 Å². The number of nitrogens with zero attached hydrogens (tertiary/aromatic N) is 2. The quantitative estimate of drug-likeness (QED) is 0.458. The van der Waals surface area contributed by atoms with Gasteiger partial charge in [0.05, 0.1) is 11.6 Å². The van der Waals surface area contributed by atoms with Gasteiger partial charge >= 0.3 is 0 Å². The topological polar surface area (TPSA) is 74.4 Å². The average molecular weight is 236 g/mol. The first-order chi connectivity index (χ1) is 8.84. The van der Waals surface area contributed by atoms with Gasteiger partial charge in [0.25, 0.3) is 5.56 Å². The van der Waals surface area contributed by atoms with Crippen LogP contribution in [0.4, 0.5) is 0 Å². The molecular formula is C13H8N4O. The van der Waals surface area contributed by atoms with Crippen LogP contribution in [0.3, 0.4) is 0 Å². The Morgan fingerprint density at radius 1 is 1.00 bits per heavy atom. The molecule has 0 unspecified atom stereocenters. The van der Waals surface area contributed by atoms with Crippen molar-refractivity contribution in [3.05, 3.63) is 47.0 Å². The summed E-state index contributed by atoms with van der Waals surface area (Å²) in [5.74, 6) is 0. The number of pyridine rings is 2. The van der Waals surface area contributed by atoms with E-state index in [4.69, 9.17) is 0 Å². The number of aromatic amines is 2. The van der Waals surface area contributed by atoms with E-state index in [1.165, 1.54) is 0 Å². The zero-order valence-electron chi connectivity index (χ0n) is 9.27. The van der Waals surface area contributed by atoms with Gasteiger partial charge in [-0.3, -0.25) is 9.89 Å². The van der Waals surface area contributed by atoms with Gasteiger partial charge in [-0.1, -0.05) is 18.2 Å². The van der Waals surface area contributed by atoms with Gasteiger partial charge in [-0.2, -0.15) is 5.10 Å². The van der Waals surface area contributed by atoms with Crippen LogP contribution in [0.15, 0.2) is 41.5 Å². The van der Waals surface area contributed by atoms with Crippen molar-refractivity contribution in [3.8, 4) is 0 Å². The largest absolute Gasteiger partial charge is 0.321 e. The molecule has 3 heterocycles. The molecule has 4 rings (SSSR count). The van der Waals surface area contributed by atoms with Crippen LogP contribution in [-0.2, 0) is 0 Å². The van der Waals surface area contributed by atoms with Crippen LogP contribution in [0, 0.1) is 0 Å². The van der Waals surface area contributed by atoms with Crippen LogP contribution in [0.2, 0.25) is 0 Å². The molecule has 1 aromatic carbocycles. The van der Waals surface area contributed by atoms with Crippen molar-refractivity contribution < 1.29 is 0 Å². The molecule has 0 spiro atoms. The standard InChI is InChI=1S/C13H8N4O/c18-13-9-5-14-12-8(6-15-17-12)11(9)7-3-1-2-4-10(7)16-13/h1-6H,(H,16,18)(H,14,15,17). The first-order valence-corrected chi connectivity index (χ1v) is 5.57. The molecule has 0 atom stereocenters. The SMILES string of the molecule is O=c1[nH]c2ccccc2c2c1cnc1[nH]ncc12. The molecule has 5 heteroatoms. The molecule has 2 N–H and O–H groups in total. The fourth-order valence-electron chi connectivity index (χ4n) is 2.36. The Labute approximate surface area is 100 Å². The Morgan fingerprint density at radius 3 is 2.83 bits per heavy atom. The highest BCUT2D eigenvalue weighted by Crippen LogP contribution is 2.26. The first-order valence-electron chi connectivity index (χ1n) is 5.57. The second kappa shape index (κ2) is 3.16. The van der Waals surface area contributed by atoms with Gasteiger partial charge in [-0.15, -0.1) is 0 Å². The van der Waals surface area contributed by atoms with Crippen molar-refractivity contribution in [1.29, 1.82) is 0 Å². The van der Waals surface area contributed by atoms with Crippen LogP contribution in [0.25, 0.3) is 32.7 Å². The van der Waals surface area contributed by atoms with Gasteiger partial charge in [0.2, 0.25) is 0 Å². The number of aromatic nitrogens is 4. The molecular weight excluding hydrogens is 228 g/mol. The van der Waals surface area contributed by atoms with Gasteiger partial charge in [-0.25, -0.2) is 4.98 Å². The minimum Gasteiger partial charge on any atom is -0.321 e. The fourth-order valence-corrected chi connectivity index (χ4v) is 2.36. The van der Waals surface area contributed by atoms with Gasteiger partial charge in [-0.05, 0) is 6.07 Å². The molecule has 3 aromatic heterocycles. The van der Waals surface area contributed by atoms with Crippen LogP contribution < -0.4 is 5.56 Å². The molecule has 4 aromatic rings. The van der Waals surface area contributed by atoms with E-state index in [-0.39, 0.29) is 5.56 Å². The van der Waals surface area contributed by atoms with Crippen molar-refractivity contribution in [3.63, 3.8) is 0 Å². The maximum absolute atomic E-state index is 12.0. The molecule has 0 saturated heterocycles. The van der Waals surface area contributed by atoms with E-state index in [1.807, 2.05) is 24.3 Å². The number of rotatable bonds is 0. The van der Waals surface area contributed by atoms with Gasteiger partial charge in [0.15, 0.2) is 5.65 Å². The average Bonchev–Trinajstić information content (AvgIpc) is 2.86. The van der Waals surface area contributed by atoms with Gasteiger partial charge in [0.1, 0.15) is 0 Å². The molecule has 0 aliphatic carbocycles. The summed E-state index contributed by atoms with van der Waals surface area (Å²) in [5.41, 5.74) is 1.39. The van der Waals surface area contributed by atoms with Crippen molar-refractivity contribution in [2.75, 3.05) is 0 Å². The third-order valence-corrected chi connectivity index (χ3v) is 3.17. The predicted molar refractivity (Wildman–Crippen MR) is 69.5 cm³/mol. The highest BCUT2D eigenvalue weighted by Gasteiger charge is 2.10. The summed E-state index contributed by atoms with van der Waals surface area (Å²) in [6, 6.07) is 7.73. The number of H-pyrrole nitrogens is 2. The lowest BCUT2D eigenvalue weighted by atomic mass is 10.1. The molecule has 0 bridgehead atoms. The van der Waals surface area contributed by atoms with E-state index >= 15 is 0 Å². The normalized spacial score (nSPS) is 11.6. The molecule has 0 fully saturated rings. The molecule has 18 heavy (non-hydrogen) atoms. The van der Waals surface area contributed by atoms with Gasteiger partial charge < -0.3 is 4.98 Å². The van der Waals surface area contributed by atoms with Crippen molar-refractivity contribution >= 4 is 32.7 Å². The lowest BCUT2D eigenvalue weighted by Crippen LogP contribution is -2.06. The molecule has 5 nitrogen and oxygen atoms in total.